The minimum Gasteiger partial charge on any atom is -0.390 e. The third-order valence-electron chi connectivity index (χ3n) is 4.58. The number of rotatable bonds is 3. The summed E-state index contributed by atoms with van der Waals surface area (Å²) in [5.41, 5.74) is 1.37. The van der Waals surface area contributed by atoms with Crippen LogP contribution in [0, 0.1) is 0 Å². The fourth-order valence-electron chi connectivity index (χ4n) is 3.19. The number of aliphatic hydroxyl groups is 1. The number of halogens is 1. The van der Waals surface area contributed by atoms with E-state index in [1.54, 1.807) is 19.2 Å². The summed E-state index contributed by atoms with van der Waals surface area (Å²) in [4.78, 5) is 21.1. The lowest BCUT2D eigenvalue weighted by atomic mass is 9.77. The lowest BCUT2D eigenvalue weighted by Crippen LogP contribution is -2.53. The molecule has 2 aromatic rings. The van der Waals surface area contributed by atoms with Gasteiger partial charge in [0.05, 0.1) is 21.9 Å². The molecule has 2 aliphatic rings. The van der Waals surface area contributed by atoms with Crippen molar-refractivity contribution in [2.75, 3.05) is 0 Å². The first kappa shape index (κ1) is 14.8. The van der Waals surface area contributed by atoms with Crippen LogP contribution in [0.5, 0.6) is 0 Å². The van der Waals surface area contributed by atoms with Gasteiger partial charge in [0.15, 0.2) is 5.65 Å². The van der Waals surface area contributed by atoms with Crippen LogP contribution in [0.15, 0.2) is 18.3 Å². The summed E-state index contributed by atoms with van der Waals surface area (Å²) in [5, 5.41) is 14.1. The monoisotopic (exact) mass is 331 g/mol. The van der Waals surface area contributed by atoms with Gasteiger partial charge in [-0.1, -0.05) is 11.6 Å². The second-order valence-corrected chi connectivity index (χ2v) is 7.38. The first-order chi connectivity index (χ1) is 10.9. The van der Waals surface area contributed by atoms with Gasteiger partial charge >= 0.3 is 0 Å². The molecule has 0 spiro atoms. The predicted octanol–water partition coefficient (Wildman–Crippen LogP) is 2.80. The van der Waals surface area contributed by atoms with Crippen LogP contribution in [-0.2, 0) is 0 Å². The first-order valence-corrected chi connectivity index (χ1v) is 8.28. The summed E-state index contributed by atoms with van der Waals surface area (Å²) in [7, 11) is 0. The smallest absolute Gasteiger partial charge is 0.253 e. The number of carbonyl (C=O) groups excluding carboxylic acids is 1. The van der Waals surface area contributed by atoms with Crippen LogP contribution in [0.2, 0.25) is 5.02 Å². The Labute approximate surface area is 139 Å². The van der Waals surface area contributed by atoms with Gasteiger partial charge in [0.25, 0.3) is 5.91 Å². The number of amides is 1. The summed E-state index contributed by atoms with van der Waals surface area (Å²) >= 11 is 6.30. The van der Waals surface area contributed by atoms with Crippen LogP contribution in [0.1, 0.15) is 54.6 Å². The quantitative estimate of drug-likeness (QED) is 0.907. The molecule has 2 aliphatic carbocycles. The zero-order valence-electron chi connectivity index (χ0n) is 12.8. The lowest BCUT2D eigenvalue weighted by molar-refractivity contribution is -0.0366. The predicted molar refractivity (Wildman–Crippen MR) is 87.6 cm³/mol. The molecule has 2 fully saturated rings. The van der Waals surface area contributed by atoms with Crippen LogP contribution in [-0.4, -0.2) is 32.6 Å². The van der Waals surface area contributed by atoms with Crippen molar-refractivity contribution in [2.45, 2.75) is 50.2 Å². The number of fused-ring (bicyclic) bond motifs is 1. The zero-order chi connectivity index (χ0) is 16.2. The van der Waals surface area contributed by atoms with E-state index >= 15 is 0 Å². The van der Waals surface area contributed by atoms with Crippen molar-refractivity contribution in [2.24, 2.45) is 0 Å². The van der Waals surface area contributed by atoms with Crippen LogP contribution >= 0.6 is 11.6 Å². The Kier molecular flexibility index (Phi) is 3.32. The van der Waals surface area contributed by atoms with Crippen molar-refractivity contribution in [3.05, 3.63) is 34.6 Å². The van der Waals surface area contributed by atoms with Crippen molar-refractivity contribution in [3.8, 4) is 0 Å². The third-order valence-corrected chi connectivity index (χ3v) is 4.88. The Bertz CT molecular complexity index is 794. The van der Waals surface area contributed by atoms with Crippen LogP contribution < -0.4 is 5.32 Å². The molecule has 0 saturated heterocycles. The molecule has 1 amide bonds. The van der Waals surface area contributed by atoms with Gasteiger partial charge in [0.1, 0.15) is 0 Å². The number of nitrogens with zero attached hydrogens (tertiary/aromatic N) is 2. The Morgan fingerprint density at radius 2 is 2.13 bits per heavy atom. The number of nitrogens with one attached hydrogen (secondary N) is 1. The van der Waals surface area contributed by atoms with Gasteiger partial charge in [-0.15, -0.1) is 0 Å². The number of aromatic nitrogens is 2. The molecule has 4 rings (SSSR count). The number of pyridine rings is 2. The van der Waals surface area contributed by atoms with Crippen LogP contribution in [0.3, 0.4) is 0 Å². The summed E-state index contributed by atoms with van der Waals surface area (Å²) in [6, 6.07) is 3.63. The largest absolute Gasteiger partial charge is 0.390 e. The van der Waals surface area contributed by atoms with E-state index in [9.17, 15) is 9.90 Å². The van der Waals surface area contributed by atoms with Crippen LogP contribution in [0.4, 0.5) is 0 Å². The molecule has 2 N–H and O–H groups in total. The molecule has 0 aromatic carbocycles. The van der Waals surface area contributed by atoms with E-state index < -0.39 is 5.60 Å². The molecule has 5 nitrogen and oxygen atoms in total. The van der Waals surface area contributed by atoms with Crippen molar-refractivity contribution >= 4 is 28.5 Å². The van der Waals surface area contributed by atoms with Gasteiger partial charge in [-0.2, -0.15) is 0 Å². The fraction of sp³-hybridized carbons (Fsp3) is 0.471. The van der Waals surface area contributed by atoms with Gasteiger partial charge in [0.2, 0.25) is 0 Å². The minimum absolute atomic E-state index is 0.0205. The Hall–Kier alpha value is -1.72. The molecule has 2 aromatic heterocycles. The van der Waals surface area contributed by atoms with Gasteiger partial charge in [-0.05, 0) is 44.7 Å². The number of carbonyl (C=O) groups is 1. The topological polar surface area (TPSA) is 75.1 Å². The van der Waals surface area contributed by atoms with Crippen LogP contribution in [0.25, 0.3) is 11.0 Å². The SMILES string of the molecule is C[C@]1(O)C[C@@H](NC(=O)c2cnc3nc(C4CC4)c(Cl)cc3c2)C1. The van der Waals surface area contributed by atoms with E-state index in [0.29, 0.717) is 35.0 Å². The third kappa shape index (κ3) is 2.91. The van der Waals surface area contributed by atoms with Crippen molar-refractivity contribution in [1.29, 1.82) is 0 Å². The Morgan fingerprint density at radius 1 is 1.39 bits per heavy atom. The average molecular weight is 332 g/mol. The zero-order valence-corrected chi connectivity index (χ0v) is 13.6. The second kappa shape index (κ2) is 5.14. The van der Waals surface area contributed by atoms with E-state index in [-0.39, 0.29) is 11.9 Å². The van der Waals surface area contributed by atoms with E-state index in [4.69, 9.17) is 11.6 Å². The molecular formula is C17H18ClN3O2. The summed E-state index contributed by atoms with van der Waals surface area (Å²) < 4.78 is 0. The second-order valence-electron chi connectivity index (χ2n) is 6.98. The van der Waals surface area contributed by atoms with Gasteiger partial charge < -0.3 is 10.4 Å². The molecule has 2 saturated carbocycles. The van der Waals surface area contributed by atoms with Gasteiger partial charge in [-0.3, -0.25) is 4.79 Å². The normalized spacial score (nSPS) is 26.8. The molecule has 6 heteroatoms. The standard InChI is InChI=1S/C17H18ClN3O2/c1-17(23)6-12(7-17)20-16(22)11-4-10-5-13(18)14(9-2-3-9)21-15(10)19-8-11/h4-5,8-9,12,23H,2-3,6-7H2,1H3,(H,20,22)/t12-,17+. The summed E-state index contributed by atoms with van der Waals surface area (Å²) in [6.07, 6.45) is 4.97. The molecule has 0 unspecified atom stereocenters. The molecule has 120 valence electrons. The van der Waals surface area contributed by atoms with Gasteiger partial charge in [0, 0.05) is 23.5 Å². The van der Waals surface area contributed by atoms with Gasteiger partial charge in [-0.25, -0.2) is 9.97 Å². The molecule has 0 bridgehead atoms. The Balaban J connectivity index is 1.56. The van der Waals surface area contributed by atoms with E-state index in [1.807, 2.05) is 6.07 Å². The lowest BCUT2D eigenvalue weighted by Gasteiger charge is -2.41. The number of hydrogen-bond acceptors (Lipinski definition) is 4. The first-order valence-electron chi connectivity index (χ1n) is 7.91. The minimum atomic E-state index is -0.657. The fourth-order valence-corrected chi connectivity index (χ4v) is 3.51. The molecule has 23 heavy (non-hydrogen) atoms. The maximum atomic E-state index is 12.3. The molecule has 0 radical (unpaired) electrons. The van der Waals surface area contributed by atoms with E-state index in [0.717, 1.165) is 23.9 Å². The van der Waals surface area contributed by atoms with Crippen molar-refractivity contribution < 1.29 is 9.90 Å². The average Bonchev–Trinajstić information content (AvgIpc) is 3.28. The van der Waals surface area contributed by atoms with Crippen molar-refractivity contribution in [3.63, 3.8) is 0 Å². The Morgan fingerprint density at radius 3 is 2.78 bits per heavy atom. The highest BCUT2D eigenvalue weighted by Crippen LogP contribution is 2.42. The van der Waals surface area contributed by atoms with E-state index in [1.165, 1.54) is 0 Å². The summed E-state index contributed by atoms with van der Waals surface area (Å²) in [5.74, 6) is 0.283. The maximum absolute atomic E-state index is 12.3. The maximum Gasteiger partial charge on any atom is 0.253 e. The highest BCUT2D eigenvalue weighted by atomic mass is 35.5. The highest BCUT2D eigenvalue weighted by Gasteiger charge is 2.39. The molecule has 0 aliphatic heterocycles. The molecule has 0 atom stereocenters. The summed E-state index contributed by atoms with van der Waals surface area (Å²) in [6.45, 7) is 1.78. The highest BCUT2D eigenvalue weighted by molar-refractivity contribution is 6.32. The van der Waals surface area contributed by atoms with E-state index in [2.05, 4.69) is 15.3 Å². The van der Waals surface area contributed by atoms with Crippen molar-refractivity contribution in [1.82, 2.24) is 15.3 Å². The molecule has 2 heterocycles. The molecular weight excluding hydrogens is 314 g/mol. The number of hydrogen-bond donors (Lipinski definition) is 2.